The van der Waals surface area contributed by atoms with Gasteiger partial charge in [-0.3, -0.25) is 9.69 Å². The molecule has 1 saturated heterocycles. The Morgan fingerprint density at radius 1 is 1.25 bits per heavy atom. The van der Waals surface area contributed by atoms with Gasteiger partial charge in [0.2, 0.25) is 0 Å². The molecule has 0 radical (unpaired) electrons. The van der Waals surface area contributed by atoms with Gasteiger partial charge in [-0.1, -0.05) is 34.6 Å². The van der Waals surface area contributed by atoms with E-state index in [4.69, 9.17) is 0 Å². The molecule has 16 heavy (non-hydrogen) atoms. The lowest BCUT2D eigenvalue weighted by atomic mass is 9.85. The molecule has 2 unspecified atom stereocenters. The zero-order chi connectivity index (χ0) is 12.5. The zero-order valence-electron chi connectivity index (χ0n) is 11.7. The molecule has 2 atom stereocenters. The van der Waals surface area contributed by atoms with Gasteiger partial charge in [-0.2, -0.15) is 0 Å². The second-order valence-corrected chi connectivity index (χ2v) is 6.49. The molecule has 2 nitrogen and oxygen atoms in total. The first-order chi connectivity index (χ1) is 7.25. The Kier molecular flexibility index (Phi) is 4.17. The third kappa shape index (κ3) is 2.85. The number of nitrogens with zero attached hydrogens (tertiary/aromatic N) is 1. The normalized spacial score (nSPS) is 25.1. The van der Waals surface area contributed by atoms with Crippen LogP contribution in [0.4, 0.5) is 0 Å². The first kappa shape index (κ1) is 13.7. The number of hydrogen-bond acceptors (Lipinski definition) is 2. The van der Waals surface area contributed by atoms with Crippen LogP contribution in [0.2, 0.25) is 0 Å². The van der Waals surface area contributed by atoms with Crippen molar-refractivity contribution in [1.82, 2.24) is 4.90 Å². The van der Waals surface area contributed by atoms with E-state index >= 15 is 0 Å². The van der Waals surface area contributed by atoms with E-state index in [1.807, 2.05) is 20.8 Å². The molecule has 94 valence electrons. The van der Waals surface area contributed by atoms with Crippen molar-refractivity contribution in [2.75, 3.05) is 6.54 Å². The maximum Gasteiger partial charge on any atom is 0.155 e. The minimum Gasteiger partial charge on any atom is -0.297 e. The van der Waals surface area contributed by atoms with Crippen LogP contribution in [-0.4, -0.2) is 29.3 Å². The van der Waals surface area contributed by atoms with Gasteiger partial charge < -0.3 is 0 Å². The summed E-state index contributed by atoms with van der Waals surface area (Å²) in [6, 6.07) is 0.677. The van der Waals surface area contributed by atoms with Crippen LogP contribution in [-0.2, 0) is 4.79 Å². The van der Waals surface area contributed by atoms with E-state index in [0.29, 0.717) is 17.7 Å². The maximum absolute atomic E-state index is 12.4. The molecule has 0 aromatic rings. The molecule has 0 aliphatic carbocycles. The highest BCUT2D eigenvalue weighted by Crippen LogP contribution is 2.29. The van der Waals surface area contributed by atoms with Crippen LogP contribution in [0, 0.1) is 11.3 Å². The molecule has 0 spiro atoms. The summed E-state index contributed by atoms with van der Waals surface area (Å²) in [5, 5.41) is 0. The molecule has 0 bridgehead atoms. The quantitative estimate of drug-likeness (QED) is 0.735. The fraction of sp³-hybridized carbons (Fsp3) is 0.929. The lowest BCUT2D eigenvalue weighted by Crippen LogP contribution is -2.47. The number of rotatable bonds is 3. The number of hydrogen-bond donors (Lipinski definition) is 0. The highest BCUT2D eigenvalue weighted by Gasteiger charge is 2.38. The van der Waals surface area contributed by atoms with Crippen molar-refractivity contribution in [1.29, 1.82) is 0 Å². The van der Waals surface area contributed by atoms with Crippen molar-refractivity contribution in [3.8, 4) is 0 Å². The Labute approximate surface area is 100 Å². The Bertz CT molecular complexity index is 252. The minimum absolute atomic E-state index is 0.164. The number of ketones is 1. The highest BCUT2D eigenvalue weighted by molar-refractivity contribution is 5.89. The van der Waals surface area contributed by atoms with Gasteiger partial charge in [-0.15, -0.1) is 0 Å². The van der Waals surface area contributed by atoms with Gasteiger partial charge in [0.1, 0.15) is 0 Å². The van der Waals surface area contributed by atoms with Crippen molar-refractivity contribution in [3.05, 3.63) is 0 Å². The van der Waals surface area contributed by atoms with Gasteiger partial charge in [-0.05, 0) is 32.2 Å². The molecule has 1 aliphatic heterocycles. The molecule has 0 saturated carbocycles. The number of Topliss-reactive ketones (excluding diaryl/α,β-unsaturated/α-hetero) is 1. The van der Waals surface area contributed by atoms with Crippen LogP contribution < -0.4 is 0 Å². The van der Waals surface area contributed by atoms with Gasteiger partial charge >= 0.3 is 0 Å². The van der Waals surface area contributed by atoms with Crippen LogP contribution in [0.15, 0.2) is 0 Å². The number of carbonyl (C=O) groups excluding carboxylic acids is 1. The van der Waals surface area contributed by atoms with Gasteiger partial charge in [0.05, 0.1) is 6.04 Å². The van der Waals surface area contributed by atoms with Crippen LogP contribution in [0.3, 0.4) is 0 Å². The van der Waals surface area contributed by atoms with Crippen LogP contribution in [0.5, 0.6) is 0 Å². The van der Waals surface area contributed by atoms with Crippen molar-refractivity contribution < 1.29 is 4.79 Å². The standard InChI is InChI=1S/C14H27NO/c1-10(2)11(3)15-9-7-8-12(15)13(16)14(4,5)6/h10-12H,7-9H2,1-6H3. The topological polar surface area (TPSA) is 20.3 Å². The van der Waals surface area contributed by atoms with Crippen molar-refractivity contribution >= 4 is 5.78 Å². The van der Waals surface area contributed by atoms with E-state index in [2.05, 4.69) is 25.7 Å². The van der Waals surface area contributed by atoms with E-state index in [0.717, 1.165) is 13.0 Å². The van der Waals surface area contributed by atoms with Gasteiger partial charge in [0, 0.05) is 11.5 Å². The van der Waals surface area contributed by atoms with E-state index < -0.39 is 0 Å². The molecular formula is C14H27NO. The minimum atomic E-state index is -0.204. The van der Waals surface area contributed by atoms with Crippen molar-refractivity contribution in [3.63, 3.8) is 0 Å². The van der Waals surface area contributed by atoms with Gasteiger partial charge in [0.15, 0.2) is 5.78 Å². The summed E-state index contributed by atoms with van der Waals surface area (Å²) < 4.78 is 0. The molecule has 1 fully saturated rings. The average Bonchev–Trinajstić information content (AvgIpc) is 2.61. The van der Waals surface area contributed by atoms with E-state index in [1.165, 1.54) is 6.42 Å². The van der Waals surface area contributed by atoms with Crippen molar-refractivity contribution in [2.24, 2.45) is 11.3 Å². The average molecular weight is 225 g/mol. The summed E-state index contributed by atoms with van der Waals surface area (Å²) in [5.74, 6) is 1.03. The van der Waals surface area contributed by atoms with Crippen LogP contribution in [0.25, 0.3) is 0 Å². The molecule has 0 aromatic heterocycles. The van der Waals surface area contributed by atoms with Gasteiger partial charge in [0.25, 0.3) is 0 Å². The summed E-state index contributed by atoms with van der Waals surface area (Å²) in [4.78, 5) is 14.8. The zero-order valence-corrected chi connectivity index (χ0v) is 11.7. The molecular weight excluding hydrogens is 198 g/mol. The lowest BCUT2D eigenvalue weighted by Gasteiger charge is -2.35. The maximum atomic E-state index is 12.4. The van der Waals surface area contributed by atoms with E-state index in [9.17, 15) is 4.79 Å². The summed E-state index contributed by atoms with van der Waals surface area (Å²) in [5.41, 5.74) is -0.204. The SMILES string of the molecule is CC(C)C(C)N1CCCC1C(=O)C(C)(C)C. The summed E-state index contributed by atoms with van der Waals surface area (Å²) in [6.07, 6.45) is 2.22. The van der Waals surface area contributed by atoms with E-state index in [-0.39, 0.29) is 11.5 Å². The second kappa shape index (κ2) is 4.87. The molecule has 1 rings (SSSR count). The third-order valence-electron chi connectivity index (χ3n) is 3.82. The van der Waals surface area contributed by atoms with Crippen LogP contribution in [0.1, 0.15) is 54.4 Å². The Hall–Kier alpha value is -0.370. The predicted molar refractivity (Wildman–Crippen MR) is 68.5 cm³/mol. The molecule has 0 amide bonds. The number of carbonyl (C=O) groups is 1. The Balaban J connectivity index is 2.77. The molecule has 1 heterocycles. The molecule has 1 aliphatic rings. The first-order valence-corrected chi connectivity index (χ1v) is 6.55. The van der Waals surface area contributed by atoms with E-state index in [1.54, 1.807) is 0 Å². The molecule has 0 N–H and O–H groups in total. The number of likely N-dealkylation sites (tertiary alicyclic amines) is 1. The Morgan fingerprint density at radius 3 is 2.25 bits per heavy atom. The van der Waals surface area contributed by atoms with Crippen molar-refractivity contribution in [2.45, 2.75) is 66.5 Å². The summed E-state index contributed by atoms with van der Waals surface area (Å²) in [7, 11) is 0. The third-order valence-corrected chi connectivity index (χ3v) is 3.82. The molecule has 2 heteroatoms. The predicted octanol–water partition coefficient (Wildman–Crippen LogP) is 3.11. The summed E-state index contributed by atoms with van der Waals surface area (Å²) >= 11 is 0. The Morgan fingerprint density at radius 2 is 1.81 bits per heavy atom. The second-order valence-electron chi connectivity index (χ2n) is 6.49. The fourth-order valence-corrected chi connectivity index (χ4v) is 2.44. The molecule has 0 aromatic carbocycles. The first-order valence-electron chi connectivity index (χ1n) is 6.55. The van der Waals surface area contributed by atoms with Crippen LogP contribution >= 0.6 is 0 Å². The summed E-state index contributed by atoms with van der Waals surface area (Å²) in [6.45, 7) is 13.9. The highest BCUT2D eigenvalue weighted by atomic mass is 16.1. The largest absolute Gasteiger partial charge is 0.297 e. The smallest absolute Gasteiger partial charge is 0.155 e. The lowest BCUT2D eigenvalue weighted by molar-refractivity contribution is -0.131. The van der Waals surface area contributed by atoms with Gasteiger partial charge in [-0.25, -0.2) is 0 Å². The monoisotopic (exact) mass is 225 g/mol. The fourth-order valence-electron chi connectivity index (χ4n) is 2.44.